The molecule has 0 saturated heterocycles. The molecule has 200 valence electrons. The van der Waals surface area contributed by atoms with Crippen molar-refractivity contribution >= 4 is 26.6 Å². The predicted octanol–water partition coefficient (Wildman–Crippen LogP) is 3.47. The van der Waals surface area contributed by atoms with Crippen LogP contribution in [0.5, 0.6) is 17.2 Å². The Labute approximate surface area is 219 Å². The third-order valence-electron chi connectivity index (χ3n) is 5.82. The van der Waals surface area contributed by atoms with Crippen molar-refractivity contribution in [2.45, 2.75) is 18.6 Å². The van der Waals surface area contributed by atoms with Crippen LogP contribution in [0.3, 0.4) is 0 Å². The summed E-state index contributed by atoms with van der Waals surface area (Å²) >= 11 is 0. The number of anilines is 1. The van der Waals surface area contributed by atoms with Crippen molar-refractivity contribution in [3.05, 3.63) is 89.9 Å². The van der Waals surface area contributed by atoms with Gasteiger partial charge in [-0.2, -0.15) is 0 Å². The fraction of sp³-hybridized carbons (Fsp3) is 0.222. The minimum atomic E-state index is -3.61. The number of aromatic hydroxyl groups is 1. The lowest BCUT2D eigenvalue weighted by atomic mass is 10.0. The zero-order valence-corrected chi connectivity index (χ0v) is 21.3. The predicted molar refractivity (Wildman–Crippen MR) is 142 cm³/mol. The van der Waals surface area contributed by atoms with E-state index in [0.717, 1.165) is 11.8 Å². The molecule has 0 aliphatic carbocycles. The molecule has 11 heteroatoms. The van der Waals surface area contributed by atoms with Crippen molar-refractivity contribution in [2.24, 2.45) is 0 Å². The molecule has 38 heavy (non-hydrogen) atoms. The number of sulfonamides is 1. The van der Waals surface area contributed by atoms with Gasteiger partial charge in [-0.3, -0.25) is 9.71 Å². The third kappa shape index (κ3) is 7.17. The van der Waals surface area contributed by atoms with E-state index < -0.39 is 16.1 Å². The average Bonchev–Trinajstić information content (AvgIpc) is 2.88. The molecule has 9 nitrogen and oxygen atoms in total. The molecule has 0 amide bonds. The summed E-state index contributed by atoms with van der Waals surface area (Å²) in [6.07, 6.45) is 2.00. The van der Waals surface area contributed by atoms with Crippen LogP contribution >= 0.6 is 0 Å². The number of phenolic OH excluding ortho intramolecular Hbond substituents is 1. The number of aliphatic hydroxyl groups excluding tert-OH is 2. The van der Waals surface area contributed by atoms with Crippen molar-refractivity contribution < 1.29 is 32.9 Å². The van der Waals surface area contributed by atoms with Crippen molar-refractivity contribution in [1.29, 1.82) is 0 Å². The van der Waals surface area contributed by atoms with E-state index in [0.29, 0.717) is 34.4 Å². The maximum atomic E-state index is 13.7. The standard InChI is InChI=1S/C27H28FN3O6S/c1-38(35,36)31-24-13-18(4-9-25(24)33)26(34)15-30-20(16-32)12-17-2-6-21(7-3-17)37-27-10-11-29-23-8-5-19(28)14-22(23)27/h2-11,13-14,20,26,30-34H,12,15-16H2,1H3/t20-,26?/m0/s1. The number of halogens is 1. The zero-order chi connectivity index (χ0) is 27.3. The summed E-state index contributed by atoms with van der Waals surface area (Å²) < 4.78 is 44.8. The second kappa shape index (κ2) is 11.7. The maximum Gasteiger partial charge on any atom is 0.229 e. The second-order valence-corrected chi connectivity index (χ2v) is 10.6. The first-order chi connectivity index (χ1) is 18.1. The highest BCUT2D eigenvalue weighted by Crippen LogP contribution is 2.30. The molecule has 1 aromatic heterocycles. The van der Waals surface area contributed by atoms with Gasteiger partial charge < -0.3 is 25.4 Å². The van der Waals surface area contributed by atoms with Crippen LogP contribution in [0.2, 0.25) is 0 Å². The Bertz CT molecular complexity index is 1520. The molecule has 0 radical (unpaired) electrons. The molecule has 0 saturated carbocycles. The number of aromatic nitrogens is 1. The van der Waals surface area contributed by atoms with Crippen LogP contribution in [0.15, 0.2) is 72.9 Å². The monoisotopic (exact) mass is 541 g/mol. The lowest BCUT2D eigenvalue weighted by Gasteiger charge is -2.20. The lowest BCUT2D eigenvalue weighted by Crippen LogP contribution is -2.37. The first-order valence-corrected chi connectivity index (χ1v) is 13.6. The number of benzene rings is 3. The van der Waals surface area contributed by atoms with Gasteiger partial charge in [0.25, 0.3) is 0 Å². The summed E-state index contributed by atoms with van der Waals surface area (Å²) in [6, 6.07) is 17.0. The Hall–Kier alpha value is -3.77. The molecule has 0 aliphatic heterocycles. The van der Waals surface area contributed by atoms with Gasteiger partial charge in [-0.05, 0) is 66.1 Å². The van der Waals surface area contributed by atoms with Gasteiger partial charge in [0.1, 0.15) is 23.1 Å². The van der Waals surface area contributed by atoms with Gasteiger partial charge in [-0.1, -0.05) is 18.2 Å². The number of nitrogens with zero attached hydrogens (tertiary/aromatic N) is 1. The van der Waals surface area contributed by atoms with Gasteiger partial charge in [0.2, 0.25) is 10.0 Å². The number of rotatable bonds is 11. The molecule has 4 aromatic rings. The van der Waals surface area contributed by atoms with E-state index in [-0.39, 0.29) is 36.4 Å². The molecule has 1 unspecified atom stereocenters. The molecular formula is C27H28FN3O6S. The quantitative estimate of drug-likeness (QED) is 0.182. The minimum Gasteiger partial charge on any atom is -0.506 e. The topological polar surface area (TPSA) is 141 Å². The second-order valence-electron chi connectivity index (χ2n) is 8.88. The number of hydrogen-bond donors (Lipinski definition) is 5. The summed E-state index contributed by atoms with van der Waals surface area (Å²) in [5.41, 5.74) is 1.89. The lowest BCUT2D eigenvalue weighted by molar-refractivity contribution is 0.158. The van der Waals surface area contributed by atoms with E-state index in [1.54, 1.807) is 30.5 Å². The van der Waals surface area contributed by atoms with Gasteiger partial charge >= 0.3 is 0 Å². The van der Waals surface area contributed by atoms with Gasteiger partial charge in [0.05, 0.1) is 30.2 Å². The Morgan fingerprint density at radius 2 is 1.82 bits per heavy atom. The summed E-state index contributed by atoms with van der Waals surface area (Å²) in [6.45, 7) is -0.100. The van der Waals surface area contributed by atoms with Crippen LogP contribution in [0.25, 0.3) is 10.9 Å². The van der Waals surface area contributed by atoms with Crippen LogP contribution in [-0.2, 0) is 16.4 Å². The molecule has 4 rings (SSSR count). The fourth-order valence-electron chi connectivity index (χ4n) is 3.93. The molecule has 0 bridgehead atoms. The van der Waals surface area contributed by atoms with Gasteiger partial charge in [-0.15, -0.1) is 0 Å². The van der Waals surface area contributed by atoms with E-state index in [9.17, 15) is 28.1 Å². The van der Waals surface area contributed by atoms with Crippen molar-refractivity contribution in [2.75, 3.05) is 24.1 Å². The molecule has 5 N–H and O–H groups in total. The van der Waals surface area contributed by atoms with E-state index in [4.69, 9.17) is 4.74 Å². The van der Waals surface area contributed by atoms with Gasteiger partial charge in [0, 0.05) is 24.2 Å². The van der Waals surface area contributed by atoms with Crippen LogP contribution in [0.4, 0.5) is 10.1 Å². The number of nitrogens with one attached hydrogen (secondary N) is 2. The van der Waals surface area contributed by atoms with Crippen molar-refractivity contribution in [3.63, 3.8) is 0 Å². The summed E-state index contributed by atoms with van der Waals surface area (Å²) in [5, 5.41) is 33.9. The van der Waals surface area contributed by atoms with Gasteiger partial charge in [-0.25, -0.2) is 12.8 Å². The third-order valence-corrected chi connectivity index (χ3v) is 6.41. The van der Waals surface area contributed by atoms with Crippen LogP contribution in [-0.4, -0.2) is 54.2 Å². The molecule has 0 fully saturated rings. The minimum absolute atomic E-state index is 0.0324. The Kier molecular flexibility index (Phi) is 8.42. The molecule has 0 aliphatic rings. The van der Waals surface area contributed by atoms with Crippen LogP contribution < -0.4 is 14.8 Å². The first-order valence-electron chi connectivity index (χ1n) is 11.8. The fourth-order valence-corrected chi connectivity index (χ4v) is 4.49. The number of fused-ring (bicyclic) bond motifs is 1. The molecule has 0 spiro atoms. The molecule has 3 aromatic carbocycles. The zero-order valence-electron chi connectivity index (χ0n) is 20.5. The highest BCUT2D eigenvalue weighted by Gasteiger charge is 2.16. The largest absolute Gasteiger partial charge is 0.506 e. The highest BCUT2D eigenvalue weighted by molar-refractivity contribution is 7.92. The first kappa shape index (κ1) is 27.3. The van der Waals surface area contributed by atoms with Crippen LogP contribution in [0, 0.1) is 5.82 Å². The maximum absolute atomic E-state index is 13.7. The summed E-state index contributed by atoms with van der Waals surface area (Å²) in [5.74, 6) is 0.398. The number of aliphatic hydroxyl groups is 2. The SMILES string of the molecule is CS(=O)(=O)Nc1cc(C(O)CN[C@H](CO)Cc2ccc(Oc3ccnc4ccc(F)cc34)cc2)ccc1O. The van der Waals surface area contributed by atoms with E-state index in [1.807, 2.05) is 12.1 Å². The number of phenols is 1. The van der Waals surface area contributed by atoms with Crippen molar-refractivity contribution in [3.8, 4) is 17.2 Å². The summed E-state index contributed by atoms with van der Waals surface area (Å²) in [7, 11) is -3.61. The van der Waals surface area contributed by atoms with E-state index >= 15 is 0 Å². The Morgan fingerprint density at radius 3 is 2.53 bits per heavy atom. The van der Waals surface area contributed by atoms with Gasteiger partial charge in [0.15, 0.2) is 0 Å². The number of ether oxygens (including phenoxy) is 1. The molecular weight excluding hydrogens is 513 g/mol. The number of pyridine rings is 1. The summed E-state index contributed by atoms with van der Waals surface area (Å²) in [4.78, 5) is 4.22. The smallest absolute Gasteiger partial charge is 0.229 e. The van der Waals surface area contributed by atoms with E-state index in [2.05, 4.69) is 15.0 Å². The Balaban J connectivity index is 1.36. The van der Waals surface area contributed by atoms with Crippen LogP contribution in [0.1, 0.15) is 17.2 Å². The average molecular weight is 542 g/mol. The molecule has 2 atom stereocenters. The molecule has 1 heterocycles. The highest BCUT2D eigenvalue weighted by atomic mass is 32.2. The van der Waals surface area contributed by atoms with E-state index in [1.165, 1.54) is 30.3 Å². The van der Waals surface area contributed by atoms with Crippen molar-refractivity contribution in [1.82, 2.24) is 10.3 Å². The number of hydrogen-bond acceptors (Lipinski definition) is 8. The Morgan fingerprint density at radius 1 is 1.05 bits per heavy atom. The normalized spacial score (nSPS) is 13.3.